The first-order valence-corrected chi connectivity index (χ1v) is 7.21. The van der Waals surface area contributed by atoms with Crippen LogP contribution in [0.5, 0.6) is 5.75 Å². The third-order valence-corrected chi connectivity index (χ3v) is 3.43. The first-order valence-electron chi connectivity index (χ1n) is 7.21. The van der Waals surface area contributed by atoms with Gasteiger partial charge in [0.05, 0.1) is 7.11 Å². The first-order chi connectivity index (χ1) is 10.2. The number of ether oxygens (including phenoxy) is 1. The van der Waals surface area contributed by atoms with Crippen molar-refractivity contribution >= 4 is 29.1 Å². The minimum Gasteiger partial charge on any atom is -0.497 e. The van der Waals surface area contributed by atoms with Crippen molar-refractivity contribution in [2.45, 2.75) is 19.4 Å². The Balaban J connectivity index is 0.00000242. The predicted molar refractivity (Wildman–Crippen MR) is 92.8 cm³/mol. The molecule has 2 rings (SSSR count). The Bertz CT molecular complexity index is 617. The first kappa shape index (κ1) is 18.3. The van der Waals surface area contributed by atoms with Gasteiger partial charge in [0.2, 0.25) is 5.91 Å². The van der Waals surface area contributed by atoms with E-state index in [9.17, 15) is 4.79 Å². The Hall–Kier alpha value is -1.78. The van der Waals surface area contributed by atoms with Gasteiger partial charge in [-0.2, -0.15) is 0 Å². The van der Waals surface area contributed by atoms with Crippen LogP contribution in [0.1, 0.15) is 18.4 Å². The van der Waals surface area contributed by atoms with E-state index in [0.717, 1.165) is 35.1 Å². The Morgan fingerprint density at radius 3 is 2.59 bits per heavy atom. The van der Waals surface area contributed by atoms with Crippen molar-refractivity contribution < 1.29 is 9.53 Å². The molecule has 2 aromatic rings. The topological polar surface area (TPSA) is 50.4 Å². The lowest BCUT2D eigenvalue weighted by molar-refractivity contribution is -0.121. The Labute approximate surface area is 137 Å². The highest BCUT2D eigenvalue weighted by molar-refractivity contribution is 5.85. The normalized spacial score (nSPS) is 10.1. The molecule has 0 heterocycles. The predicted octanol–water partition coefficient (Wildman–Crippen LogP) is 2.89. The number of nitrogens with one attached hydrogen (secondary N) is 2. The fraction of sp³-hybridized carbons (Fsp3) is 0.353. The Morgan fingerprint density at radius 2 is 1.86 bits per heavy atom. The summed E-state index contributed by atoms with van der Waals surface area (Å²) in [4.78, 5) is 11.7. The largest absolute Gasteiger partial charge is 0.497 e. The van der Waals surface area contributed by atoms with Crippen LogP contribution in [0.15, 0.2) is 36.4 Å². The zero-order valence-corrected chi connectivity index (χ0v) is 13.8. The van der Waals surface area contributed by atoms with Crippen LogP contribution in [-0.4, -0.2) is 26.6 Å². The zero-order chi connectivity index (χ0) is 15.1. The van der Waals surface area contributed by atoms with Gasteiger partial charge in [0.1, 0.15) is 5.75 Å². The molecule has 2 N–H and O–H groups in total. The molecule has 0 fully saturated rings. The fourth-order valence-corrected chi connectivity index (χ4v) is 2.22. The third kappa shape index (κ3) is 5.20. The summed E-state index contributed by atoms with van der Waals surface area (Å²) < 4.78 is 5.22. The van der Waals surface area contributed by atoms with Gasteiger partial charge in [0.15, 0.2) is 0 Å². The molecular weight excluding hydrogens is 300 g/mol. The van der Waals surface area contributed by atoms with Gasteiger partial charge in [0.25, 0.3) is 0 Å². The summed E-state index contributed by atoms with van der Waals surface area (Å²) in [5, 5.41) is 8.28. The number of hydrogen-bond acceptors (Lipinski definition) is 3. The summed E-state index contributed by atoms with van der Waals surface area (Å²) in [5.74, 6) is 0.952. The van der Waals surface area contributed by atoms with E-state index >= 15 is 0 Å². The van der Waals surface area contributed by atoms with E-state index in [-0.39, 0.29) is 18.3 Å². The lowest BCUT2D eigenvalue weighted by Gasteiger charge is -2.07. The zero-order valence-electron chi connectivity index (χ0n) is 13.0. The smallest absolute Gasteiger partial charge is 0.220 e. The number of carbonyl (C=O) groups is 1. The molecule has 120 valence electrons. The third-order valence-electron chi connectivity index (χ3n) is 3.43. The number of fused-ring (bicyclic) bond motifs is 1. The van der Waals surface area contributed by atoms with Gasteiger partial charge in [-0.15, -0.1) is 12.4 Å². The van der Waals surface area contributed by atoms with Crippen molar-refractivity contribution in [3.63, 3.8) is 0 Å². The van der Waals surface area contributed by atoms with Crippen LogP contribution in [0.25, 0.3) is 10.8 Å². The summed E-state index contributed by atoms with van der Waals surface area (Å²) in [6.45, 7) is 1.44. The fourth-order valence-electron chi connectivity index (χ4n) is 2.22. The van der Waals surface area contributed by atoms with E-state index in [1.165, 1.54) is 0 Å². The number of methoxy groups -OCH3 is 1. The second-order valence-electron chi connectivity index (χ2n) is 5.03. The van der Waals surface area contributed by atoms with E-state index < -0.39 is 0 Å². The number of benzene rings is 2. The molecule has 5 heteroatoms. The Kier molecular flexibility index (Phi) is 7.71. The van der Waals surface area contributed by atoms with Crippen LogP contribution >= 0.6 is 12.4 Å². The SMILES string of the molecule is CNCCCC(=O)NCc1ccc2cc(OC)ccc2c1.Cl. The van der Waals surface area contributed by atoms with Crippen LogP contribution in [0.3, 0.4) is 0 Å². The van der Waals surface area contributed by atoms with Crippen LogP contribution < -0.4 is 15.4 Å². The van der Waals surface area contributed by atoms with E-state index in [1.807, 2.05) is 31.3 Å². The molecule has 0 spiro atoms. The van der Waals surface area contributed by atoms with Gasteiger partial charge in [-0.3, -0.25) is 4.79 Å². The van der Waals surface area contributed by atoms with Gasteiger partial charge in [-0.25, -0.2) is 0 Å². The molecule has 0 bridgehead atoms. The Morgan fingerprint density at radius 1 is 1.14 bits per heavy atom. The summed E-state index contributed by atoms with van der Waals surface area (Å²) in [6, 6.07) is 12.2. The molecule has 0 radical (unpaired) electrons. The van der Waals surface area contributed by atoms with Crippen LogP contribution in [-0.2, 0) is 11.3 Å². The van der Waals surface area contributed by atoms with Crippen molar-refractivity contribution in [3.05, 3.63) is 42.0 Å². The minimum atomic E-state index is 0. The average Bonchev–Trinajstić information content (AvgIpc) is 2.52. The van der Waals surface area contributed by atoms with Gasteiger partial charge >= 0.3 is 0 Å². The molecule has 1 amide bonds. The lowest BCUT2D eigenvalue weighted by Crippen LogP contribution is -2.23. The molecule has 4 nitrogen and oxygen atoms in total. The van der Waals surface area contributed by atoms with Gasteiger partial charge in [0, 0.05) is 13.0 Å². The van der Waals surface area contributed by atoms with E-state index in [4.69, 9.17) is 4.74 Å². The van der Waals surface area contributed by atoms with Crippen molar-refractivity contribution in [1.29, 1.82) is 0 Å². The number of hydrogen-bond donors (Lipinski definition) is 2. The summed E-state index contributed by atoms with van der Waals surface area (Å²) in [5.41, 5.74) is 1.11. The van der Waals surface area contributed by atoms with Crippen molar-refractivity contribution in [3.8, 4) is 5.75 Å². The highest BCUT2D eigenvalue weighted by atomic mass is 35.5. The molecule has 0 unspecified atom stereocenters. The maximum Gasteiger partial charge on any atom is 0.220 e. The summed E-state index contributed by atoms with van der Waals surface area (Å²) in [7, 11) is 3.56. The van der Waals surface area contributed by atoms with Crippen molar-refractivity contribution in [1.82, 2.24) is 10.6 Å². The highest BCUT2D eigenvalue weighted by Crippen LogP contribution is 2.21. The lowest BCUT2D eigenvalue weighted by atomic mass is 10.1. The summed E-state index contributed by atoms with van der Waals surface area (Å²) in [6.07, 6.45) is 1.42. The van der Waals surface area contributed by atoms with E-state index in [0.29, 0.717) is 13.0 Å². The second kappa shape index (κ2) is 9.28. The molecule has 0 saturated carbocycles. The number of rotatable bonds is 7. The highest BCUT2D eigenvalue weighted by Gasteiger charge is 2.02. The number of halogens is 1. The van der Waals surface area contributed by atoms with Gasteiger partial charge in [-0.05, 0) is 54.5 Å². The molecule has 0 aliphatic heterocycles. The molecule has 0 aliphatic carbocycles. The second-order valence-corrected chi connectivity index (χ2v) is 5.03. The molecule has 0 saturated heterocycles. The van der Waals surface area contributed by atoms with Crippen LogP contribution in [0.2, 0.25) is 0 Å². The molecule has 0 atom stereocenters. The quantitative estimate of drug-likeness (QED) is 0.771. The monoisotopic (exact) mass is 322 g/mol. The van der Waals surface area contributed by atoms with Gasteiger partial charge in [-0.1, -0.05) is 18.2 Å². The molecule has 2 aromatic carbocycles. The number of amides is 1. The van der Waals surface area contributed by atoms with Crippen molar-refractivity contribution in [2.24, 2.45) is 0 Å². The molecule has 22 heavy (non-hydrogen) atoms. The number of carbonyl (C=O) groups excluding carboxylic acids is 1. The van der Waals surface area contributed by atoms with Gasteiger partial charge < -0.3 is 15.4 Å². The van der Waals surface area contributed by atoms with Crippen LogP contribution in [0.4, 0.5) is 0 Å². The maximum atomic E-state index is 11.7. The van der Waals surface area contributed by atoms with Crippen molar-refractivity contribution in [2.75, 3.05) is 20.7 Å². The molecule has 0 aliphatic rings. The standard InChI is InChI=1S/C17H22N2O2.ClH/c1-18-9-3-4-17(20)19-12-13-5-6-15-11-16(21-2)8-7-14(15)10-13;/h5-8,10-11,18H,3-4,9,12H2,1-2H3,(H,19,20);1H. The van der Waals surface area contributed by atoms with E-state index in [1.54, 1.807) is 7.11 Å². The average molecular weight is 323 g/mol. The van der Waals surface area contributed by atoms with E-state index in [2.05, 4.69) is 22.8 Å². The minimum absolute atomic E-state index is 0. The van der Waals surface area contributed by atoms with Crippen LogP contribution in [0, 0.1) is 0 Å². The summed E-state index contributed by atoms with van der Waals surface area (Å²) >= 11 is 0. The molecule has 0 aromatic heterocycles. The molecular formula is C17H23ClN2O2. The maximum absolute atomic E-state index is 11.7.